The molecule has 0 heterocycles. The molecule has 0 radical (unpaired) electrons. The summed E-state index contributed by atoms with van der Waals surface area (Å²) in [5.41, 5.74) is 1.33. The van der Waals surface area contributed by atoms with Crippen LogP contribution in [0.15, 0.2) is 36.5 Å². The van der Waals surface area contributed by atoms with E-state index < -0.39 is 0 Å². The molecule has 0 aromatic rings. The third kappa shape index (κ3) is 4.13. The monoisotopic (exact) mass is 136 g/mol. The Hall–Kier alpha value is -0.780. The molecule has 0 unspecified atom stereocenters. The predicted molar refractivity (Wildman–Crippen MR) is 48.0 cm³/mol. The molecule has 0 aromatic heterocycles. The summed E-state index contributed by atoms with van der Waals surface area (Å²) in [6, 6.07) is 0. The van der Waals surface area contributed by atoms with Crippen LogP contribution in [0.1, 0.15) is 26.7 Å². The normalized spacial score (nSPS) is 12.4. The van der Waals surface area contributed by atoms with E-state index in [1.54, 1.807) is 0 Å². The molecule has 0 aromatic carbocycles. The van der Waals surface area contributed by atoms with Gasteiger partial charge < -0.3 is 0 Å². The molecule has 0 saturated heterocycles. The summed E-state index contributed by atoms with van der Waals surface area (Å²) in [4.78, 5) is 0. The second-order valence-corrected chi connectivity index (χ2v) is 2.18. The van der Waals surface area contributed by atoms with Crippen LogP contribution >= 0.6 is 0 Å². The van der Waals surface area contributed by atoms with E-state index >= 15 is 0 Å². The lowest BCUT2D eigenvalue weighted by molar-refractivity contribution is 1.00. The molecule has 0 rings (SSSR count). The summed E-state index contributed by atoms with van der Waals surface area (Å²) in [7, 11) is 0. The van der Waals surface area contributed by atoms with Crippen molar-refractivity contribution in [1.29, 1.82) is 0 Å². The fourth-order valence-corrected chi connectivity index (χ4v) is 0.781. The minimum absolute atomic E-state index is 1.12. The molecule has 0 nitrogen and oxygen atoms in total. The van der Waals surface area contributed by atoms with Crippen LogP contribution in [0.2, 0.25) is 0 Å². The molecule has 0 aliphatic heterocycles. The Labute approximate surface area is 64.0 Å². The zero-order valence-corrected chi connectivity index (χ0v) is 6.93. The van der Waals surface area contributed by atoms with Gasteiger partial charge in [0.2, 0.25) is 0 Å². The van der Waals surface area contributed by atoms with Gasteiger partial charge in [-0.3, -0.25) is 0 Å². The maximum Gasteiger partial charge on any atom is -0.0248 e. The van der Waals surface area contributed by atoms with Crippen LogP contribution in [0.3, 0.4) is 0 Å². The highest BCUT2D eigenvalue weighted by Gasteiger charge is 1.85. The SMILES string of the molecule is C=CC(=CC)CCC=CC. The lowest BCUT2D eigenvalue weighted by atomic mass is 10.1. The average molecular weight is 136 g/mol. The van der Waals surface area contributed by atoms with Gasteiger partial charge in [0.25, 0.3) is 0 Å². The van der Waals surface area contributed by atoms with E-state index in [1.807, 2.05) is 19.9 Å². The molecule has 0 spiro atoms. The second kappa shape index (κ2) is 6.34. The number of hydrogen-bond donors (Lipinski definition) is 0. The Balaban J connectivity index is 3.56. The highest BCUT2D eigenvalue weighted by molar-refractivity contribution is 5.15. The maximum absolute atomic E-state index is 3.72. The van der Waals surface area contributed by atoms with Gasteiger partial charge in [-0.2, -0.15) is 0 Å². The van der Waals surface area contributed by atoms with Gasteiger partial charge in [-0.15, -0.1) is 0 Å². The van der Waals surface area contributed by atoms with Crippen molar-refractivity contribution in [3.63, 3.8) is 0 Å². The van der Waals surface area contributed by atoms with Crippen LogP contribution in [0, 0.1) is 0 Å². The van der Waals surface area contributed by atoms with E-state index in [0.717, 1.165) is 12.8 Å². The molecule has 0 bridgehead atoms. The van der Waals surface area contributed by atoms with E-state index in [9.17, 15) is 0 Å². The van der Waals surface area contributed by atoms with E-state index in [-0.39, 0.29) is 0 Å². The Morgan fingerprint density at radius 1 is 1.40 bits per heavy atom. The van der Waals surface area contributed by atoms with Crippen LogP contribution in [-0.4, -0.2) is 0 Å². The highest BCUT2D eigenvalue weighted by Crippen LogP contribution is 2.05. The second-order valence-electron chi connectivity index (χ2n) is 2.18. The van der Waals surface area contributed by atoms with Gasteiger partial charge in [-0.05, 0) is 26.7 Å². The van der Waals surface area contributed by atoms with Gasteiger partial charge in [0.05, 0.1) is 0 Å². The Bertz CT molecular complexity index is 138. The topological polar surface area (TPSA) is 0 Å². The Morgan fingerprint density at radius 2 is 2.10 bits per heavy atom. The standard InChI is InChI=1S/C10H16/c1-4-7-8-9-10(5-2)6-3/h4-7H,2,8-9H2,1,3H3. The first-order valence-corrected chi connectivity index (χ1v) is 3.74. The van der Waals surface area contributed by atoms with Crippen molar-refractivity contribution in [2.24, 2.45) is 0 Å². The van der Waals surface area contributed by atoms with Gasteiger partial charge >= 0.3 is 0 Å². The molecule has 0 saturated carbocycles. The molecule has 0 fully saturated rings. The van der Waals surface area contributed by atoms with Crippen molar-refractivity contribution < 1.29 is 0 Å². The first kappa shape index (κ1) is 9.22. The lowest BCUT2D eigenvalue weighted by Gasteiger charge is -1.94. The molecule has 56 valence electrons. The number of hydrogen-bond acceptors (Lipinski definition) is 0. The molecule has 0 amide bonds. The van der Waals surface area contributed by atoms with Gasteiger partial charge in [0, 0.05) is 0 Å². The van der Waals surface area contributed by atoms with Gasteiger partial charge in [-0.25, -0.2) is 0 Å². The zero-order chi connectivity index (χ0) is 7.82. The smallest absolute Gasteiger partial charge is 0.0248 e. The molecular weight excluding hydrogens is 120 g/mol. The van der Waals surface area contributed by atoms with Crippen molar-refractivity contribution in [3.8, 4) is 0 Å². The van der Waals surface area contributed by atoms with Crippen LogP contribution in [0.25, 0.3) is 0 Å². The van der Waals surface area contributed by atoms with Crippen LogP contribution in [0.4, 0.5) is 0 Å². The summed E-state index contributed by atoms with van der Waals surface area (Å²) >= 11 is 0. The highest BCUT2D eigenvalue weighted by atomic mass is 13.9. The molecule has 0 atom stereocenters. The first-order chi connectivity index (χ1) is 4.85. The molecule has 0 N–H and O–H groups in total. The molecule has 0 aliphatic carbocycles. The summed E-state index contributed by atoms with van der Waals surface area (Å²) in [5.74, 6) is 0. The van der Waals surface area contributed by atoms with E-state index in [1.165, 1.54) is 5.57 Å². The summed E-state index contributed by atoms with van der Waals surface area (Å²) in [5, 5.41) is 0. The minimum Gasteiger partial charge on any atom is -0.0988 e. The van der Waals surface area contributed by atoms with Crippen molar-refractivity contribution in [1.82, 2.24) is 0 Å². The van der Waals surface area contributed by atoms with Crippen LogP contribution in [-0.2, 0) is 0 Å². The van der Waals surface area contributed by atoms with Gasteiger partial charge in [0.1, 0.15) is 0 Å². The van der Waals surface area contributed by atoms with Crippen LogP contribution < -0.4 is 0 Å². The number of rotatable bonds is 4. The lowest BCUT2D eigenvalue weighted by Crippen LogP contribution is -1.74. The van der Waals surface area contributed by atoms with E-state index in [4.69, 9.17) is 0 Å². The maximum atomic E-state index is 3.72. The molecule has 0 aliphatic rings. The Morgan fingerprint density at radius 3 is 2.50 bits per heavy atom. The van der Waals surface area contributed by atoms with Crippen molar-refractivity contribution in [2.75, 3.05) is 0 Å². The van der Waals surface area contributed by atoms with Gasteiger partial charge in [0.15, 0.2) is 0 Å². The molecule has 10 heavy (non-hydrogen) atoms. The van der Waals surface area contributed by atoms with Crippen LogP contribution in [0.5, 0.6) is 0 Å². The fourth-order valence-electron chi connectivity index (χ4n) is 0.781. The Kier molecular flexibility index (Phi) is 5.85. The van der Waals surface area contributed by atoms with E-state index in [0.29, 0.717) is 0 Å². The molecule has 0 heteroatoms. The number of allylic oxidation sites excluding steroid dienone is 5. The van der Waals surface area contributed by atoms with Crippen molar-refractivity contribution in [3.05, 3.63) is 36.5 Å². The van der Waals surface area contributed by atoms with E-state index in [2.05, 4.69) is 24.8 Å². The van der Waals surface area contributed by atoms with Crippen molar-refractivity contribution in [2.45, 2.75) is 26.7 Å². The largest absolute Gasteiger partial charge is 0.0988 e. The third-order valence-electron chi connectivity index (χ3n) is 1.47. The average Bonchev–Trinajstić information content (AvgIpc) is 1.99. The first-order valence-electron chi connectivity index (χ1n) is 3.74. The fraction of sp³-hybridized carbons (Fsp3) is 0.400. The minimum atomic E-state index is 1.12. The van der Waals surface area contributed by atoms with Gasteiger partial charge in [-0.1, -0.05) is 36.5 Å². The summed E-state index contributed by atoms with van der Waals surface area (Å²) in [6.45, 7) is 7.81. The summed E-state index contributed by atoms with van der Waals surface area (Å²) < 4.78 is 0. The zero-order valence-electron chi connectivity index (χ0n) is 6.93. The third-order valence-corrected chi connectivity index (χ3v) is 1.47. The van der Waals surface area contributed by atoms with Crippen molar-refractivity contribution >= 4 is 0 Å². The predicted octanol–water partition coefficient (Wildman–Crippen LogP) is 3.48. The summed E-state index contributed by atoms with van der Waals surface area (Å²) in [6.07, 6.45) is 10.5. The molecular formula is C10H16. The quantitative estimate of drug-likeness (QED) is 0.410.